The van der Waals surface area contributed by atoms with Gasteiger partial charge in [0.25, 0.3) is 0 Å². The first kappa shape index (κ1) is 48.5. The van der Waals surface area contributed by atoms with Crippen molar-refractivity contribution in [2.24, 2.45) is 0 Å². The Hall–Kier alpha value is -0.570. The van der Waals surface area contributed by atoms with Gasteiger partial charge in [0.2, 0.25) is 0 Å². The van der Waals surface area contributed by atoms with Crippen LogP contribution in [0, 0.1) is 12.3 Å². The predicted octanol–water partition coefficient (Wildman–Crippen LogP) is 7.19. The molecule has 13 heteroatoms. The number of halogens is 4. The Labute approximate surface area is 250 Å². The highest BCUT2D eigenvalue weighted by molar-refractivity contribution is 9.93. The summed E-state index contributed by atoms with van der Waals surface area (Å²) in [7, 11) is 3.87. The third-order valence-corrected chi connectivity index (χ3v) is 3.20. The summed E-state index contributed by atoms with van der Waals surface area (Å²) in [5.74, 6) is 0.461. The Morgan fingerprint density at radius 3 is 1.28 bits per heavy atom. The SMILES string of the molecule is BrP(Br)Br.C#CC(=O)OC.C=C(C(=O)OC)C(C)(C)O.CC.CC(C)=O.COC(=O)C(CBr)=C(C)C. The molecule has 1 N–H and O–H groups in total. The Morgan fingerprint density at radius 1 is 0.917 bits per heavy atom. The molecule has 36 heavy (non-hydrogen) atoms. The van der Waals surface area contributed by atoms with E-state index in [1.54, 1.807) is 5.92 Å². The van der Waals surface area contributed by atoms with Gasteiger partial charge in [0, 0.05) is 16.8 Å². The molecule has 0 saturated carbocycles. The van der Waals surface area contributed by atoms with Crippen molar-refractivity contribution in [3.05, 3.63) is 23.3 Å². The number of alkyl halides is 1. The van der Waals surface area contributed by atoms with Crippen LogP contribution in [-0.2, 0) is 33.4 Å². The molecular weight excluding hydrogens is 755 g/mol. The second-order valence-electron chi connectivity index (χ2n) is 6.37. The first-order valence-electron chi connectivity index (χ1n) is 9.90. The smallest absolute Gasteiger partial charge is 0.383 e. The van der Waals surface area contributed by atoms with Crippen LogP contribution in [0.3, 0.4) is 0 Å². The third kappa shape index (κ3) is 46.7. The molecular formula is C23H39Br4O8P. The van der Waals surface area contributed by atoms with Crippen LogP contribution in [0.2, 0.25) is 0 Å². The lowest BCUT2D eigenvalue weighted by Gasteiger charge is -2.17. The molecule has 0 aromatic carbocycles. The van der Waals surface area contributed by atoms with Crippen molar-refractivity contribution in [2.45, 2.75) is 61.0 Å². The maximum atomic E-state index is 10.9. The summed E-state index contributed by atoms with van der Waals surface area (Å²) in [5.41, 5.74) is 0.564. The number of ether oxygens (including phenoxy) is 3. The number of Topliss-reactive ketones (excluding diaryl/α,β-unsaturated/α-hetero) is 1. The standard InChI is InChI=1S/C7H11BrO2.C7H12O3.C4H4O2.C3H6O.C2H6.Br3P/c1-5(2)6(4-8)7(9)10-3;1-5(6(8)10-4)7(2,3)9;1-3-4(5)6-2;1-3(2)4;1-2;1-4(2)3/h4H2,1-3H3;9H,1H2,2-4H3;1H,2H3;1-2H3;1-2H3;. The summed E-state index contributed by atoms with van der Waals surface area (Å²) in [6.07, 6.45) is 4.56. The Kier molecular flexibility index (Phi) is 43.7. The van der Waals surface area contributed by atoms with E-state index in [1.807, 2.05) is 27.7 Å². The fourth-order valence-corrected chi connectivity index (χ4v) is 1.74. The highest BCUT2D eigenvalue weighted by Crippen LogP contribution is 2.59. The van der Waals surface area contributed by atoms with E-state index >= 15 is 0 Å². The highest BCUT2D eigenvalue weighted by Gasteiger charge is 2.23. The van der Waals surface area contributed by atoms with Crippen molar-refractivity contribution < 1.29 is 38.5 Å². The molecule has 0 heterocycles. The fraction of sp³-hybridized carbons (Fsp3) is 0.565. The van der Waals surface area contributed by atoms with E-state index in [4.69, 9.17) is 0 Å². The number of carbonyl (C=O) groups excluding carboxylic acids is 4. The number of aliphatic hydroxyl groups is 1. The van der Waals surface area contributed by atoms with Crippen molar-refractivity contribution in [2.75, 3.05) is 26.7 Å². The molecule has 0 rings (SSSR count). The zero-order chi connectivity index (χ0) is 30.7. The quantitative estimate of drug-likeness (QED) is 0.0606. The average Bonchev–Trinajstić information content (AvgIpc) is 2.78. The van der Waals surface area contributed by atoms with E-state index in [-0.39, 0.29) is 21.4 Å². The number of hydrogen-bond acceptors (Lipinski definition) is 8. The van der Waals surface area contributed by atoms with E-state index in [2.05, 4.69) is 89.6 Å². The zero-order valence-electron chi connectivity index (χ0n) is 22.8. The summed E-state index contributed by atoms with van der Waals surface area (Å²) in [4.78, 5) is 40.7. The molecule has 0 saturated heterocycles. The van der Waals surface area contributed by atoms with Crippen molar-refractivity contribution in [1.82, 2.24) is 0 Å². The van der Waals surface area contributed by atoms with Gasteiger partial charge in [-0.15, -0.1) is 6.42 Å². The number of allylic oxidation sites excluding steroid dienone is 1. The minimum absolute atomic E-state index is 0.0648. The van der Waals surface area contributed by atoms with Crippen molar-refractivity contribution >= 4 is 90.1 Å². The molecule has 0 aromatic heterocycles. The summed E-state index contributed by atoms with van der Waals surface area (Å²) < 4.78 is 12.7. The van der Waals surface area contributed by atoms with E-state index in [9.17, 15) is 24.3 Å². The Balaban J connectivity index is -0.0000000807. The summed E-state index contributed by atoms with van der Waals surface area (Å²) in [5, 5.41) is 9.74. The van der Waals surface area contributed by atoms with Crippen LogP contribution in [0.4, 0.5) is 0 Å². The number of esters is 3. The topological polar surface area (TPSA) is 116 Å². The van der Waals surface area contributed by atoms with E-state index in [0.29, 0.717) is 10.9 Å². The molecule has 8 nitrogen and oxygen atoms in total. The average molecular weight is 794 g/mol. The van der Waals surface area contributed by atoms with Crippen LogP contribution >= 0.6 is 66.4 Å². The summed E-state index contributed by atoms with van der Waals surface area (Å²) in [6.45, 7) is 17.1. The number of carbonyl (C=O) groups is 4. The lowest BCUT2D eigenvalue weighted by molar-refractivity contribution is -0.138. The number of methoxy groups -OCH3 is 3. The number of terminal acetylenes is 1. The third-order valence-electron chi connectivity index (χ3n) is 2.64. The largest absolute Gasteiger partial charge is 0.466 e. The second-order valence-corrected chi connectivity index (χ2v) is 22.3. The summed E-state index contributed by atoms with van der Waals surface area (Å²) in [6, 6.07) is 0. The first-order valence-corrected chi connectivity index (χ1v) is 18.4. The lowest BCUT2D eigenvalue weighted by Crippen LogP contribution is -2.27. The maximum Gasteiger partial charge on any atom is 0.383 e. The van der Waals surface area contributed by atoms with Crippen LogP contribution in [0.5, 0.6) is 0 Å². The van der Waals surface area contributed by atoms with Crippen LogP contribution in [0.25, 0.3) is 0 Å². The lowest BCUT2D eigenvalue weighted by atomic mass is 10.0. The molecule has 0 aliphatic rings. The number of rotatable bonds is 4. The fourth-order valence-electron chi connectivity index (χ4n) is 0.947. The van der Waals surface area contributed by atoms with Gasteiger partial charge in [0.1, 0.15) is 9.81 Å². The molecule has 0 bridgehead atoms. The molecule has 0 amide bonds. The molecule has 0 aromatic rings. The van der Waals surface area contributed by atoms with Crippen molar-refractivity contribution in [1.29, 1.82) is 0 Å². The highest BCUT2D eigenvalue weighted by atomic mass is 80.0. The first-order chi connectivity index (χ1) is 16.3. The van der Waals surface area contributed by atoms with Gasteiger partial charge in [-0.2, -0.15) is 0 Å². The van der Waals surface area contributed by atoms with Gasteiger partial charge in [-0.3, -0.25) is 0 Å². The zero-order valence-corrected chi connectivity index (χ0v) is 30.0. The molecule has 0 spiro atoms. The minimum Gasteiger partial charge on any atom is -0.466 e. The molecule has 0 atom stereocenters. The molecule has 0 fully saturated rings. The van der Waals surface area contributed by atoms with Crippen molar-refractivity contribution in [3.8, 4) is 12.3 Å². The Bertz CT molecular complexity index is 699. The van der Waals surface area contributed by atoms with Gasteiger partial charge in [-0.1, -0.05) is 41.9 Å². The predicted molar refractivity (Wildman–Crippen MR) is 164 cm³/mol. The van der Waals surface area contributed by atoms with E-state index in [0.717, 1.165) is 5.57 Å². The maximum absolute atomic E-state index is 10.9. The monoisotopic (exact) mass is 790 g/mol. The van der Waals surface area contributed by atoms with Crippen molar-refractivity contribution in [3.63, 3.8) is 0 Å². The van der Waals surface area contributed by atoms with Crippen LogP contribution < -0.4 is 0 Å². The van der Waals surface area contributed by atoms with Gasteiger partial charge in [-0.25, -0.2) is 14.4 Å². The van der Waals surface area contributed by atoms with Gasteiger partial charge in [0.15, 0.2) is 0 Å². The normalized spacial score (nSPS) is 8.33. The molecule has 212 valence electrons. The van der Waals surface area contributed by atoms with Crippen LogP contribution in [0.1, 0.15) is 55.4 Å². The number of ketones is 1. The van der Waals surface area contributed by atoms with Crippen LogP contribution in [0.15, 0.2) is 23.3 Å². The van der Waals surface area contributed by atoms with Crippen LogP contribution in [-0.4, -0.2) is 61.1 Å². The minimum atomic E-state index is -1.19. The molecule has 0 radical (unpaired) electrons. The van der Waals surface area contributed by atoms with E-state index in [1.165, 1.54) is 49.0 Å². The number of hydrogen-bond donors (Lipinski definition) is 1. The van der Waals surface area contributed by atoms with E-state index < -0.39 is 17.5 Å². The molecule has 0 aliphatic heterocycles. The van der Waals surface area contributed by atoms with Gasteiger partial charge in [0.05, 0.1) is 32.5 Å². The summed E-state index contributed by atoms with van der Waals surface area (Å²) >= 11 is 12.7. The molecule has 0 unspecified atom stereocenters. The molecule has 0 aliphatic carbocycles. The van der Waals surface area contributed by atoms with Gasteiger partial charge in [-0.05, 0) is 88.0 Å². The Morgan fingerprint density at radius 2 is 1.22 bits per heavy atom. The van der Waals surface area contributed by atoms with Gasteiger partial charge >= 0.3 is 17.9 Å². The second kappa shape index (κ2) is 32.5. The van der Waals surface area contributed by atoms with Gasteiger partial charge < -0.3 is 24.1 Å².